The van der Waals surface area contributed by atoms with Crippen LogP contribution in [0.2, 0.25) is 0 Å². The molecule has 0 spiro atoms. The van der Waals surface area contributed by atoms with Crippen LogP contribution in [-0.2, 0) is 0 Å². The Morgan fingerprint density at radius 1 is 1.60 bits per heavy atom. The SMILES string of the molecule is O=C(NC1(CO)CC1)c1ccc(=O)[nH]n1. The first-order chi connectivity index (χ1) is 7.15. The molecule has 1 aliphatic rings. The average molecular weight is 209 g/mol. The lowest BCUT2D eigenvalue weighted by molar-refractivity contribution is 0.0900. The van der Waals surface area contributed by atoms with Gasteiger partial charge in [-0.2, -0.15) is 5.10 Å². The van der Waals surface area contributed by atoms with Crippen LogP contribution in [0.15, 0.2) is 16.9 Å². The molecule has 1 saturated carbocycles. The minimum atomic E-state index is -0.463. The molecule has 0 aliphatic heterocycles. The lowest BCUT2D eigenvalue weighted by atomic mass is 10.2. The van der Waals surface area contributed by atoms with Gasteiger partial charge in [0.25, 0.3) is 11.5 Å². The van der Waals surface area contributed by atoms with Gasteiger partial charge in [0.2, 0.25) is 0 Å². The van der Waals surface area contributed by atoms with Gasteiger partial charge in [-0.15, -0.1) is 0 Å². The third-order valence-corrected chi connectivity index (χ3v) is 2.45. The van der Waals surface area contributed by atoms with E-state index in [-0.39, 0.29) is 23.8 Å². The number of aromatic amines is 1. The van der Waals surface area contributed by atoms with E-state index in [1.807, 2.05) is 0 Å². The molecule has 80 valence electrons. The molecule has 0 saturated heterocycles. The van der Waals surface area contributed by atoms with Crippen LogP contribution < -0.4 is 10.9 Å². The molecule has 1 amide bonds. The topological polar surface area (TPSA) is 95.1 Å². The van der Waals surface area contributed by atoms with E-state index in [1.54, 1.807) is 0 Å². The number of aliphatic hydroxyl groups is 1. The van der Waals surface area contributed by atoms with Crippen LogP contribution in [-0.4, -0.2) is 33.4 Å². The van der Waals surface area contributed by atoms with E-state index in [1.165, 1.54) is 12.1 Å². The quantitative estimate of drug-likeness (QED) is 0.596. The second-order valence-electron chi connectivity index (χ2n) is 3.70. The summed E-state index contributed by atoms with van der Waals surface area (Å²) in [5.74, 6) is -0.377. The first-order valence-corrected chi connectivity index (χ1v) is 4.64. The van der Waals surface area contributed by atoms with E-state index in [2.05, 4.69) is 15.5 Å². The lowest BCUT2D eigenvalue weighted by Crippen LogP contribution is -2.40. The summed E-state index contributed by atoms with van der Waals surface area (Å²) in [6.07, 6.45) is 1.55. The van der Waals surface area contributed by atoms with Gasteiger partial charge in [-0.1, -0.05) is 0 Å². The molecule has 0 bridgehead atoms. The molecule has 0 atom stereocenters. The molecule has 0 unspecified atom stereocenters. The maximum Gasteiger partial charge on any atom is 0.272 e. The van der Waals surface area contributed by atoms with Crippen molar-refractivity contribution in [1.82, 2.24) is 15.5 Å². The Balaban J connectivity index is 2.08. The van der Waals surface area contributed by atoms with Gasteiger partial charge < -0.3 is 10.4 Å². The molecule has 1 aliphatic carbocycles. The average Bonchev–Trinajstić information content (AvgIpc) is 2.99. The molecule has 1 aromatic heterocycles. The number of hydrogen-bond donors (Lipinski definition) is 3. The van der Waals surface area contributed by atoms with Gasteiger partial charge in [0.15, 0.2) is 0 Å². The first-order valence-electron chi connectivity index (χ1n) is 4.64. The Hall–Kier alpha value is -1.69. The minimum absolute atomic E-state index is 0.0674. The van der Waals surface area contributed by atoms with Crippen molar-refractivity contribution in [1.29, 1.82) is 0 Å². The van der Waals surface area contributed by atoms with Crippen molar-refractivity contribution >= 4 is 5.91 Å². The monoisotopic (exact) mass is 209 g/mol. The van der Waals surface area contributed by atoms with Crippen LogP contribution >= 0.6 is 0 Å². The molecule has 1 fully saturated rings. The van der Waals surface area contributed by atoms with Gasteiger partial charge in [0.1, 0.15) is 5.69 Å². The third-order valence-electron chi connectivity index (χ3n) is 2.45. The van der Waals surface area contributed by atoms with Crippen molar-refractivity contribution in [3.05, 3.63) is 28.2 Å². The highest BCUT2D eigenvalue weighted by molar-refractivity contribution is 5.92. The summed E-state index contributed by atoms with van der Waals surface area (Å²) in [6.45, 7) is -0.0674. The van der Waals surface area contributed by atoms with Gasteiger partial charge in [0, 0.05) is 6.07 Å². The van der Waals surface area contributed by atoms with E-state index < -0.39 is 5.54 Å². The van der Waals surface area contributed by atoms with E-state index in [0.29, 0.717) is 0 Å². The number of aromatic nitrogens is 2. The zero-order valence-electron chi connectivity index (χ0n) is 7.99. The molecule has 0 radical (unpaired) electrons. The predicted molar refractivity (Wildman–Crippen MR) is 51.4 cm³/mol. The highest BCUT2D eigenvalue weighted by Gasteiger charge is 2.43. The number of amides is 1. The van der Waals surface area contributed by atoms with E-state index in [9.17, 15) is 9.59 Å². The summed E-state index contributed by atoms with van der Waals surface area (Å²) in [6, 6.07) is 2.59. The molecule has 1 aromatic rings. The summed E-state index contributed by atoms with van der Waals surface area (Å²) in [5, 5.41) is 17.5. The third kappa shape index (κ3) is 2.04. The summed E-state index contributed by atoms with van der Waals surface area (Å²) >= 11 is 0. The van der Waals surface area contributed by atoms with Crippen LogP contribution in [0.4, 0.5) is 0 Å². The highest BCUT2D eigenvalue weighted by atomic mass is 16.3. The van der Waals surface area contributed by atoms with Gasteiger partial charge in [-0.05, 0) is 18.9 Å². The van der Waals surface area contributed by atoms with Crippen LogP contribution in [0.5, 0.6) is 0 Å². The molecule has 1 heterocycles. The Bertz CT molecular complexity index is 416. The molecule has 3 N–H and O–H groups in total. The highest BCUT2D eigenvalue weighted by Crippen LogP contribution is 2.34. The fraction of sp³-hybridized carbons (Fsp3) is 0.444. The number of carbonyl (C=O) groups is 1. The van der Waals surface area contributed by atoms with E-state index in [4.69, 9.17) is 5.11 Å². The molecule has 6 heteroatoms. The zero-order chi connectivity index (χ0) is 10.9. The smallest absolute Gasteiger partial charge is 0.272 e. The van der Waals surface area contributed by atoms with Crippen LogP contribution in [0.3, 0.4) is 0 Å². The number of hydrogen-bond acceptors (Lipinski definition) is 4. The van der Waals surface area contributed by atoms with Crippen LogP contribution in [0.25, 0.3) is 0 Å². The van der Waals surface area contributed by atoms with Crippen molar-refractivity contribution in [3.63, 3.8) is 0 Å². The van der Waals surface area contributed by atoms with Gasteiger partial charge >= 0.3 is 0 Å². The number of aliphatic hydroxyl groups excluding tert-OH is 1. The van der Waals surface area contributed by atoms with Crippen LogP contribution in [0, 0.1) is 0 Å². The van der Waals surface area contributed by atoms with Crippen molar-refractivity contribution in [2.75, 3.05) is 6.61 Å². The van der Waals surface area contributed by atoms with E-state index >= 15 is 0 Å². The van der Waals surface area contributed by atoms with Crippen molar-refractivity contribution in [2.45, 2.75) is 18.4 Å². The lowest BCUT2D eigenvalue weighted by Gasteiger charge is -2.13. The summed E-state index contributed by atoms with van der Waals surface area (Å²) in [4.78, 5) is 22.3. The Labute approximate surface area is 85.3 Å². The van der Waals surface area contributed by atoms with Gasteiger partial charge in [-0.25, -0.2) is 5.10 Å². The number of nitrogens with one attached hydrogen (secondary N) is 2. The summed E-state index contributed by atoms with van der Waals surface area (Å²) < 4.78 is 0. The number of carbonyl (C=O) groups excluding carboxylic acids is 1. The zero-order valence-corrected chi connectivity index (χ0v) is 7.99. The van der Waals surface area contributed by atoms with Crippen molar-refractivity contribution in [2.24, 2.45) is 0 Å². The summed E-state index contributed by atoms with van der Waals surface area (Å²) in [5.41, 5.74) is -0.668. The largest absolute Gasteiger partial charge is 0.394 e. The second-order valence-corrected chi connectivity index (χ2v) is 3.70. The van der Waals surface area contributed by atoms with E-state index in [0.717, 1.165) is 12.8 Å². The molecule has 15 heavy (non-hydrogen) atoms. The van der Waals surface area contributed by atoms with Gasteiger partial charge in [-0.3, -0.25) is 9.59 Å². The number of rotatable bonds is 3. The Kier molecular flexibility index (Phi) is 2.28. The predicted octanol–water partition coefficient (Wildman–Crippen LogP) is -0.975. The second kappa shape index (κ2) is 3.47. The molecule has 0 aromatic carbocycles. The molecule has 2 rings (SSSR count). The van der Waals surface area contributed by atoms with Crippen LogP contribution in [0.1, 0.15) is 23.3 Å². The van der Waals surface area contributed by atoms with Crippen molar-refractivity contribution < 1.29 is 9.90 Å². The number of nitrogens with zero attached hydrogens (tertiary/aromatic N) is 1. The normalized spacial score (nSPS) is 17.1. The fourth-order valence-corrected chi connectivity index (χ4v) is 1.25. The molecular formula is C9H11N3O3. The first kappa shape index (κ1) is 9.85. The standard InChI is InChI=1S/C9H11N3O3/c13-5-9(3-4-9)10-8(15)6-1-2-7(14)12-11-6/h1-2,13H,3-5H2,(H,10,15)(H,12,14). The molecular weight excluding hydrogens is 198 g/mol. The number of H-pyrrole nitrogens is 1. The maximum absolute atomic E-state index is 11.6. The fourth-order valence-electron chi connectivity index (χ4n) is 1.25. The van der Waals surface area contributed by atoms with Crippen molar-refractivity contribution in [3.8, 4) is 0 Å². The minimum Gasteiger partial charge on any atom is -0.394 e. The molecule has 6 nitrogen and oxygen atoms in total. The maximum atomic E-state index is 11.6. The Morgan fingerprint density at radius 2 is 2.33 bits per heavy atom. The summed E-state index contributed by atoms with van der Waals surface area (Å²) in [7, 11) is 0. The van der Waals surface area contributed by atoms with Gasteiger partial charge in [0.05, 0.1) is 12.1 Å². The Morgan fingerprint density at radius 3 is 2.80 bits per heavy atom.